The Morgan fingerprint density at radius 1 is 1.26 bits per heavy atom. The van der Waals surface area contributed by atoms with Crippen molar-refractivity contribution in [2.45, 2.75) is 18.9 Å². The Bertz CT molecular complexity index is 1190. The summed E-state index contributed by atoms with van der Waals surface area (Å²) in [5, 5.41) is 3.62. The summed E-state index contributed by atoms with van der Waals surface area (Å²) in [5.74, 6) is -0.656. The fourth-order valence-electron chi connectivity index (χ4n) is 3.67. The number of amides is 1. The molecule has 1 fully saturated rings. The van der Waals surface area contributed by atoms with E-state index in [1.807, 2.05) is 0 Å². The van der Waals surface area contributed by atoms with Crippen LogP contribution in [0.15, 0.2) is 48.7 Å². The van der Waals surface area contributed by atoms with E-state index in [9.17, 15) is 22.2 Å². The number of H-pyrrole nitrogens is 1. The van der Waals surface area contributed by atoms with Gasteiger partial charge in [0.1, 0.15) is 5.82 Å². The zero-order valence-corrected chi connectivity index (χ0v) is 17.4. The number of aromatic amines is 1. The van der Waals surface area contributed by atoms with Crippen molar-refractivity contribution in [3.63, 3.8) is 0 Å². The maximum atomic E-state index is 13.4. The highest BCUT2D eigenvalue weighted by molar-refractivity contribution is 7.87. The largest absolute Gasteiger partial charge is 0.379 e. The molecule has 2 aromatic carbocycles. The Morgan fingerprint density at radius 2 is 2.03 bits per heavy atom. The van der Waals surface area contributed by atoms with Gasteiger partial charge < -0.3 is 15.0 Å². The maximum absolute atomic E-state index is 13.4. The van der Waals surface area contributed by atoms with Crippen molar-refractivity contribution in [3.8, 4) is 11.1 Å². The SMILES string of the molecule is O=C(CCN(c1ccc(-c2c[nH]c3cc(F)ccc23)cc1)S(=O)(=O)O)NC1CCOC1. The molecule has 3 N–H and O–H groups in total. The highest BCUT2D eigenvalue weighted by atomic mass is 32.2. The molecule has 1 amide bonds. The Balaban J connectivity index is 1.50. The second-order valence-corrected chi connectivity index (χ2v) is 8.70. The number of fused-ring (bicyclic) bond motifs is 1. The lowest BCUT2D eigenvalue weighted by Crippen LogP contribution is -2.38. The van der Waals surface area contributed by atoms with Crippen LogP contribution in [0.4, 0.5) is 10.1 Å². The summed E-state index contributed by atoms with van der Waals surface area (Å²) < 4.78 is 52.8. The van der Waals surface area contributed by atoms with E-state index in [2.05, 4.69) is 10.3 Å². The molecule has 164 valence electrons. The number of nitrogens with zero attached hydrogens (tertiary/aromatic N) is 1. The first kappa shape index (κ1) is 21.3. The lowest BCUT2D eigenvalue weighted by atomic mass is 10.0. The number of ether oxygens (including phenoxy) is 1. The Kier molecular flexibility index (Phi) is 5.94. The molecule has 1 saturated heterocycles. The first-order valence-corrected chi connectivity index (χ1v) is 11.2. The average molecular weight is 447 g/mol. The second-order valence-electron chi connectivity index (χ2n) is 7.37. The van der Waals surface area contributed by atoms with E-state index < -0.39 is 10.3 Å². The van der Waals surface area contributed by atoms with Gasteiger partial charge >= 0.3 is 10.3 Å². The summed E-state index contributed by atoms with van der Waals surface area (Å²) in [7, 11) is -4.57. The fourth-order valence-corrected chi connectivity index (χ4v) is 4.38. The summed E-state index contributed by atoms with van der Waals surface area (Å²) in [5.41, 5.74) is 2.50. The average Bonchev–Trinajstić information content (AvgIpc) is 3.37. The van der Waals surface area contributed by atoms with Crippen molar-refractivity contribution in [1.29, 1.82) is 0 Å². The molecular formula is C21H22FN3O5S. The highest BCUT2D eigenvalue weighted by Gasteiger charge is 2.23. The van der Waals surface area contributed by atoms with Gasteiger partial charge in [-0.15, -0.1) is 0 Å². The topological polar surface area (TPSA) is 112 Å². The van der Waals surface area contributed by atoms with Gasteiger partial charge in [0.25, 0.3) is 0 Å². The van der Waals surface area contributed by atoms with Gasteiger partial charge in [0, 0.05) is 42.2 Å². The minimum Gasteiger partial charge on any atom is -0.379 e. The Labute approximate surface area is 178 Å². The number of benzene rings is 2. The molecule has 0 radical (unpaired) electrons. The first-order chi connectivity index (χ1) is 14.8. The molecule has 1 atom stereocenters. The first-order valence-electron chi connectivity index (χ1n) is 9.80. The van der Waals surface area contributed by atoms with Crippen LogP contribution in [0.1, 0.15) is 12.8 Å². The van der Waals surface area contributed by atoms with Gasteiger partial charge in [-0.05, 0) is 42.3 Å². The van der Waals surface area contributed by atoms with Crippen LogP contribution in [0.25, 0.3) is 22.0 Å². The molecule has 10 heteroatoms. The second kappa shape index (κ2) is 8.66. The van der Waals surface area contributed by atoms with E-state index in [1.54, 1.807) is 36.5 Å². The van der Waals surface area contributed by atoms with Gasteiger partial charge in [-0.25, -0.2) is 8.70 Å². The molecule has 31 heavy (non-hydrogen) atoms. The number of rotatable bonds is 7. The number of aromatic nitrogens is 1. The maximum Gasteiger partial charge on any atom is 0.359 e. The monoisotopic (exact) mass is 447 g/mol. The normalized spacial score (nSPS) is 16.5. The smallest absolute Gasteiger partial charge is 0.359 e. The van der Waals surface area contributed by atoms with Gasteiger partial charge in [-0.1, -0.05) is 12.1 Å². The van der Waals surface area contributed by atoms with Gasteiger partial charge in [0.2, 0.25) is 5.91 Å². The summed E-state index contributed by atoms with van der Waals surface area (Å²) in [6, 6.07) is 10.9. The van der Waals surface area contributed by atoms with Gasteiger partial charge in [0.15, 0.2) is 0 Å². The lowest BCUT2D eigenvalue weighted by Gasteiger charge is -2.21. The number of nitrogens with one attached hydrogen (secondary N) is 2. The fraction of sp³-hybridized carbons (Fsp3) is 0.286. The molecular weight excluding hydrogens is 425 g/mol. The molecule has 1 unspecified atom stereocenters. The molecule has 0 aliphatic carbocycles. The Hall–Kier alpha value is -2.95. The number of carbonyl (C=O) groups is 1. The summed E-state index contributed by atoms with van der Waals surface area (Å²) in [4.78, 5) is 15.1. The number of carbonyl (C=O) groups excluding carboxylic acids is 1. The van der Waals surface area contributed by atoms with Crippen molar-refractivity contribution < 1.29 is 26.9 Å². The molecule has 3 aromatic rings. The summed E-state index contributed by atoms with van der Waals surface area (Å²) in [6.45, 7) is 0.819. The van der Waals surface area contributed by atoms with Crippen LogP contribution in [-0.2, 0) is 19.8 Å². The van der Waals surface area contributed by atoms with Crippen molar-refractivity contribution in [2.75, 3.05) is 24.1 Å². The third kappa shape index (κ3) is 4.87. The summed E-state index contributed by atoms with van der Waals surface area (Å²) >= 11 is 0. The van der Waals surface area contributed by atoms with Crippen molar-refractivity contribution in [1.82, 2.24) is 10.3 Å². The predicted molar refractivity (Wildman–Crippen MR) is 115 cm³/mol. The van der Waals surface area contributed by atoms with E-state index in [1.165, 1.54) is 12.1 Å². The molecule has 4 rings (SSSR count). The lowest BCUT2D eigenvalue weighted by molar-refractivity contribution is -0.121. The molecule has 2 heterocycles. The number of halogens is 1. The van der Waals surface area contributed by atoms with Crippen LogP contribution in [0.3, 0.4) is 0 Å². The van der Waals surface area contributed by atoms with Crippen LogP contribution in [-0.4, -0.2) is 49.7 Å². The molecule has 8 nitrogen and oxygen atoms in total. The molecule has 1 aromatic heterocycles. The van der Waals surface area contributed by atoms with Crippen LogP contribution >= 0.6 is 0 Å². The minimum absolute atomic E-state index is 0.0735. The van der Waals surface area contributed by atoms with Crippen LogP contribution < -0.4 is 9.62 Å². The van der Waals surface area contributed by atoms with Crippen molar-refractivity contribution >= 4 is 32.8 Å². The zero-order valence-electron chi connectivity index (χ0n) is 16.5. The Morgan fingerprint density at radius 3 is 2.71 bits per heavy atom. The minimum atomic E-state index is -4.57. The molecule has 0 spiro atoms. The molecule has 1 aliphatic heterocycles. The van der Waals surface area contributed by atoms with E-state index in [4.69, 9.17) is 4.74 Å². The van der Waals surface area contributed by atoms with Gasteiger partial charge in [-0.2, -0.15) is 8.42 Å². The predicted octanol–water partition coefficient (Wildman–Crippen LogP) is 2.88. The number of hydrogen-bond donors (Lipinski definition) is 3. The zero-order chi connectivity index (χ0) is 22.0. The third-order valence-corrected chi connectivity index (χ3v) is 6.18. The standard InChI is InChI=1S/C21H22FN3O5S/c22-15-3-6-18-19(12-23-20(18)11-15)14-1-4-17(5-2-14)25(31(27,28)29)9-7-21(26)24-16-8-10-30-13-16/h1-6,11-12,16,23H,7-10,13H2,(H,24,26)(H,27,28,29). The van der Waals surface area contributed by atoms with E-state index in [0.717, 1.165) is 27.2 Å². The van der Waals surface area contributed by atoms with Crippen molar-refractivity contribution in [2.24, 2.45) is 0 Å². The number of anilines is 1. The quantitative estimate of drug-likeness (QED) is 0.482. The number of hydrogen-bond acceptors (Lipinski definition) is 4. The van der Waals surface area contributed by atoms with Crippen LogP contribution in [0.2, 0.25) is 0 Å². The van der Waals surface area contributed by atoms with Crippen molar-refractivity contribution in [3.05, 3.63) is 54.5 Å². The van der Waals surface area contributed by atoms with E-state index in [-0.39, 0.29) is 36.4 Å². The molecule has 0 saturated carbocycles. The van der Waals surface area contributed by atoms with Gasteiger partial charge in [0.05, 0.1) is 18.3 Å². The van der Waals surface area contributed by atoms with E-state index in [0.29, 0.717) is 18.7 Å². The van der Waals surface area contributed by atoms with Crippen LogP contribution in [0.5, 0.6) is 0 Å². The van der Waals surface area contributed by atoms with E-state index >= 15 is 0 Å². The van der Waals surface area contributed by atoms with Crippen LogP contribution in [0, 0.1) is 5.82 Å². The highest BCUT2D eigenvalue weighted by Crippen LogP contribution is 2.31. The molecule has 0 bridgehead atoms. The van der Waals surface area contributed by atoms with Gasteiger partial charge in [-0.3, -0.25) is 9.35 Å². The third-order valence-electron chi connectivity index (χ3n) is 5.23. The molecule has 1 aliphatic rings. The summed E-state index contributed by atoms with van der Waals surface area (Å²) in [6.07, 6.45) is 2.36.